The molecule has 2 aromatic rings. The number of nitrogens with one attached hydrogen (secondary N) is 2. The van der Waals surface area contributed by atoms with Crippen molar-refractivity contribution in [3.8, 4) is 0 Å². The minimum absolute atomic E-state index is 0.173. The molecule has 3 atom stereocenters. The number of carbonyl (C=O) groups excluding carboxylic acids is 2. The number of carboxylic acid groups (broad SMARTS) is 1. The van der Waals surface area contributed by atoms with Crippen LogP contribution in [0.4, 0.5) is 11.4 Å². The number of rotatable bonds is 8. The average molecular weight is 507 g/mol. The standard InChI is InChI=1S/C24H24Cl2N2O4S/c1-2-21(23(30)28-15-10-11-19(25)20(26)13-15)33-16-7-5-6-14(12-16)27-22(29)17-8-3-4-9-18(17)24(31)32/h3-7,10-13,17-18,21H,2,8-9H2,1H3,(H,27,29)(H,28,30)(H,31,32). The number of carboxylic acids is 1. The summed E-state index contributed by atoms with van der Waals surface area (Å²) in [4.78, 5) is 37.8. The summed E-state index contributed by atoms with van der Waals surface area (Å²) in [5, 5.41) is 15.5. The molecule has 1 aliphatic rings. The first-order valence-corrected chi connectivity index (χ1v) is 12.1. The van der Waals surface area contributed by atoms with Crippen LogP contribution in [0.3, 0.4) is 0 Å². The van der Waals surface area contributed by atoms with Gasteiger partial charge in [-0.15, -0.1) is 11.8 Å². The fraction of sp³-hybridized carbons (Fsp3) is 0.292. The van der Waals surface area contributed by atoms with E-state index in [-0.39, 0.29) is 17.1 Å². The molecule has 0 bridgehead atoms. The topological polar surface area (TPSA) is 95.5 Å². The minimum Gasteiger partial charge on any atom is -0.481 e. The van der Waals surface area contributed by atoms with Gasteiger partial charge in [0.1, 0.15) is 0 Å². The zero-order valence-corrected chi connectivity index (χ0v) is 20.2. The summed E-state index contributed by atoms with van der Waals surface area (Å²) in [6.07, 6.45) is 4.96. The molecule has 6 nitrogen and oxygen atoms in total. The van der Waals surface area contributed by atoms with E-state index < -0.39 is 17.8 Å². The van der Waals surface area contributed by atoms with Gasteiger partial charge in [0.15, 0.2) is 0 Å². The van der Waals surface area contributed by atoms with Gasteiger partial charge in [-0.1, -0.05) is 48.3 Å². The number of thioether (sulfide) groups is 1. The van der Waals surface area contributed by atoms with Crippen molar-refractivity contribution >= 4 is 64.1 Å². The van der Waals surface area contributed by atoms with Gasteiger partial charge in [-0.05, 0) is 55.7 Å². The highest BCUT2D eigenvalue weighted by Gasteiger charge is 2.34. The molecule has 0 spiro atoms. The lowest BCUT2D eigenvalue weighted by Crippen LogP contribution is -2.34. The Labute approximate surface area is 206 Å². The van der Waals surface area contributed by atoms with Gasteiger partial charge >= 0.3 is 5.97 Å². The second kappa shape index (κ2) is 11.6. The Hall–Kier alpha value is -2.48. The summed E-state index contributed by atoms with van der Waals surface area (Å²) in [6, 6.07) is 12.1. The van der Waals surface area contributed by atoms with Crippen molar-refractivity contribution in [3.05, 3.63) is 64.7 Å². The molecule has 2 amide bonds. The van der Waals surface area contributed by atoms with Gasteiger partial charge in [0.2, 0.25) is 11.8 Å². The van der Waals surface area contributed by atoms with Gasteiger partial charge in [-0.25, -0.2) is 0 Å². The number of hydrogen-bond acceptors (Lipinski definition) is 4. The highest BCUT2D eigenvalue weighted by molar-refractivity contribution is 8.00. The molecule has 3 unspecified atom stereocenters. The first-order valence-electron chi connectivity index (χ1n) is 10.5. The van der Waals surface area contributed by atoms with Crippen LogP contribution >= 0.6 is 35.0 Å². The minimum atomic E-state index is -0.970. The zero-order chi connectivity index (χ0) is 24.0. The van der Waals surface area contributed by atoms with Gasteiger partial charge in [-0.3, -0.25) is 14.4 Å². The molecule has 174 valence electrons. The van der Waals surface area contributed by atoms with E-state index in [2.05, 4.69) is 10.6 Å². The molecule has 0 aromatic heterocycles. The van der Waals surface area contributed by atoms with Crippen molar-refractivity contribution in [3.63, 3.8) is 0 Å². The van der Waals surface area contributed by atoms with Crippen molar-refractivity contribution in [1.29, 1.82) is 0 Å². The van der Waals surface area contributed by atoms with Gasteiger partial charge in [0, 0.05) is 16.3 Å². The van der Waals surface area contributed by atoms with Crippen molar-refractivity contribution in [2.45, 2.75) is 36.3 Å². The van der Waals surface area contributed by atoms with Crippen LogP contribution in [0.25, 0.3) is 0 Å². The van der Waals surface area contributed by atoms with Gasteiger partial charge in [0.25, 0.3) is 0 Å². The number of halogens is 2. The van der Waals surface area contributed by atoms with E-state index >= 15 is 0 Å². The summed E-state index contributed by atoms with van der Waals surface area (Å²) < 4.78 is 0. The molecule has 2 aromatic carbocycles. The lowest BCUT2D eigenvalue weighted by molar-refractivity contribution is -0.146. The fourth-order valence-electron chi connectivity index (χ4n) is 3.54. The summed E-state index contributed by atoms with van der Waals surface area (Å²) >= 11 is 13.3. The molecule has 0 radical (unpaired) electrons. The van der Waals surface area contributed by atoms with Crippen molar-refractivity contribution in [2.75, 3.05) is 10.6 Å². The first kappa shape index (κ1) is 25.1. The van der Waals surface area contributed by atoms with Gasteiger partial charge in [0.05, 0.1) is 27.1 Å². The number of allylic oxidation sites excluding steroid dienone is 2. The number of anilines is 2. The highest BCUT2D eigenvalue weighted by Crippen LogP contribution is 2.31. The number of benzene rings is 2. The van der Waals surface area contributed by atoms with Crippen LogP contribution in [0.5, 0.6) is 0 Å². The lowest BCUT2D eigenvalue weighted by atomic mass is 9.82. The molecule has 1 aliphatic carbocycles. The quantitative estimate of drug-likeness (QED) is 0.296. The highest BCUT2D eigenvalue weighted by atomic mass is 35.5. The SMILES string of the molecule is CCC(Sc1cccc(NC(=O)C2CC=CCC2C(=O)O)c1)C(=O)Nc1ccc(Cl)c(Cl)c1. The summed E-state index contributed by atoms with van der Waals surface area (Å²) in [5.74, 6) is -2.82. The average Bonchev–Trinajstić information content (AvgIpc) is 2.80. The number of carbonyl (C=O) groups is 3. The summed E-state index contributed by atoms with van der Waals surface area (Å²) in [5.41, 5.74) is 1.12. The van der Waals surface area contributed by atoms with Crippen molar-refractivity contribution < 1.29 is 19.5 Å². The molecule has 3 N–H and O–H groups in total. The molecule has 0 saturated heterocycles. The third kappa shape index (κ3) is 6.76. The molecule has 0 heterocycles. The van der Waals surface area contributed by atoms with E-state index in [4.69, 9.17) is 23.2 Å². The van der Waals surface area contributed by atoms with E-state index in [0.717, 1.165) is 4.90 Å². The summed E-state index contributed by atoms with van der Waals surface area (Å²) in [7, 11) is 0. The smallest absolute Gasteiger partial charge is 0.307 e. The first-order chi connectivity index (χ1) is 15.8. The third-order valence-electron chi connectivity index (χ3n) is 5.32. The van der Waals surface area contributed by atoms with Crippen LogP contribution in [0.1, 0.15) is 26.2 Å². The normalized spacial score (nSPS) is 18.4. The predicted octanol–water partition coefficient (Wildman–Crippen LogP) is 6.11. The molecule has 33 heavy (non-hydrogen) atoms. The Morgan fingerprint density at radius 2 is 1.70 bits per heavy atom. The van der Waals surface area contributed by atoms with E-state index in [1.807, 2.05) is 19.1 Å². The van der Waals surface area contributed by atoms with E-state index in [0.29, 0.717) is 40.7 Å². The van der Waals surface area contributed by atoms with Gasteiger partial charge < -0.3 is 15.7 Å². The lowest BCUT2D eigenvalue weighted by Gasteiger charge is -2.24. The molecule has 0 saturated carbocycles. The van der Waals surface area contributed by atoms with Crippen LogP contribution in [0.2, 0.25) is 10.0 Å². The molecule has 0 fully saturated rings. The third-order valence-corrected chi connectivity index (χ3v) is 7.41. The maximum atomic E-state index is 12.8. The summed E-state index contributed by atoms with van der Waals surface area (Å²) in [6.45, 7) is 1.92. The van der Waals surface area contributed by atoms with Crippen LogP contribution in [-0.4, -0.2) is 28.1 Å². The van der Waals surface area contributed by atoms with Crippen molar-refractivity contribution in [1.82, 2.24) is 0 Å². The fourth-order valence-corrected chi connectivity index (χ4v) is 4.85. The van der Waals surface area contributed by atoms with E-state index in [1.165, 1.54) is 11.8 Å². The largest absolute Gasteiger partial charge is 0.481 e. The molecular weight excluding hydrogens is 483 g/mol. The van der Waals surface area contributed by atoms with Crippen LogP contribution in [0.15, 0.2) is 59.5 Å². The molecular formula is C24H24Cl2N2O4S. The number of amides is 2. The number of aliphatic carboxylic acids is 1. The second-order valence-electron chi connectivity index (χ2n) is 7.64. The Bertz CT molecular complexity index is 1080. The van der Waals surface area contributed by atoms with Crippen molar-refractivity contribution in [2.24, 2.45) is 11.8 Å². The Balaban J connectivity index is 1.65. The Morgan fingerprint density at radius 3 is 2.36 bits per heavy atom. The Kier molecular flexibility index (Phi) is 8.83. The van der Waals surface area contributed by atoms with Gasteiger partial charge in [-0.2, -0.15) is 0 Å². The number of hydrogen-bond donors (Lipinski definition) is 3. The molecule has 9 heteroatoms. The maximum absolute atomic E-state index is 12.8. The van der Waals surface area contributed by atoms with E-state index in [9.17, 15) is 19.5 Å². The van der Waals surface area contributed by atoms with Crippen LogP contribution < -0.4 is 10.6 Å². The van der Waals surface area contributed by atoms with Crippen LogP contribution in [-0.2, 0) is 14.4 Å². The predicted molar refractivity (Wildman–Crippen MR) is 133 cm³/mol. The van der Waals surface area contributed by atoms with E-state index in [1.54, 1.807) is 42.5 Å². The monoisotopic (exact) mass is 506 g/mol. The zero-order valence-electron chi connectivity index (χ0n) is 17.9. The van der Waals surface area contributed by atoms with Crippen LogP contribution in [0, 0.1) is 11.8 Å². The Morgan fingerprint density at radius 1 is 1.00 bits per heavy atom. The second-order valence-corrected chi connectivity index (χ2v) is 9.73. The molecule has 0 aliphatic heterocycles. The maximum Gasteiger partial charge on any atom is 0.307 e. The molecule has 3 rings (SSSR count).